The van der Waals surface area contributed by atoms with E-state index in [4.69, 9.17) is 56.3 Å². The summed E-state index contributed by atoms with van der Waals surface area (Å²) in [6.45, 7) is 0. The second kappa shape index (κ2) is 31.9. The van der Waals surface area contributed by atoms with Crippen molar-refractivity contribution >= 4 is 197 Å². The van der Waals surface area contributed by atoms with Gasteiger partial charge in [0.15, 0.2) is 25.4 Å². The average molecular weight is 1410 g/mol. The minimum absolute atomic E-state index is 0.0104. The summed E-state index contributed by atoms with van der Waals surface area (Å²) in [6, 6.07) is 12.8. The molecule has 44 heteroatoms. The van der Waals surface area contributed by atoms with Crippen LogP contribution in [0, 0.1) is 0 Å². The Kier molecular flexibility index (Phi) is 25.7. The number of carbonyl (C=O) groups excluding carboxylic acids is 2. The molecular weight excluding hydrogens is 1370 g/mol. The molecule has 12 N–H and O–H groups in total. The molecule has 0 aliphatic carbocycles. The summed E-state index contributed by atoms with van der Waals surface area (Å²) in [4.78, 5) is 35.6. The van der Waals surface area contributed by atoms with Crippen LogP contribution in [-0.4, -0.2) is 125 Å². The maximum atomic E-state index is 13.0. The topological polar surface area (TPSA) is 510 Å². The number of sulfone groups is 2. The summed E-state index contributed by atoms with van der Waals surface area (Å²) in [7, 11) is -17.3. The van der Waals surface area contributed by atoms with Crippen LogP contribution < -0.4 is 27.0 Å². The molecule has 6 aromatic rings. The van der Waals surface area contributed by atoms with Gasteiger partial charge >= 0.3 is 0 Å². The number of carbonyl (C=O) groups is 2. The number of aromatic nitrogens is 3. The first-order valence-electron chi connectivity index (χ1n) is 23.5. The first kappa shape index (κ1) is 70.1. The van der Waals surface area contributed by atoms with Crippen molar-refractivity contribution < 1.29 is 101 Å². The van der Waals surface area contributed by atoms with Gasteiger partial charge in [0, 0.05) is 41.7 Å². The van der Waals surface area contributed by atoms with E-state index in [1.54, 1.807) is 0 Å². The smallest absolute Gasteiger partial charge is 0.296 e. The molecule has 6 rings (SSSR count). The molecule has 0 bridgehead atoms. The van der Waals surface area contributed by atoms with Gasteiger partial charge in [0.05, 0.1) is 90.6 Å². The summed E-state index contributed by atoms with van der Waals surface area (Å²) in [5, 5.41) is 75.5. The van der Waals surface area contributed by atoms with Gasteiger partial charge in [-0.05, 0) is 96.6 Å². The number of nitrogens with two attached hydrogens (primary N) is 1. The molecule has 0 saturated carbocycles. The molecule has 1 aromatic heterocycles. The lowest BCUT2D eigenvalue weighted by molar-refractivity contribution is -0.432. The molecule has 0 fully saturated rings. The molecule has 87 heavy (non-hydrogen) atoms. The number of rotatable bonds is 33. The fourth-order valence-corrected chi connectivity index (χ4v) is 13.5. The van der Waals surface area contributed by atoms with E-state index >= 15 is 0 Å². The van der Waals surface area contributed by atoms with Crippen LogP contribution in [0.1, 0.15) is 25.7 Å². The van der Waals surface area contributed by atoms with Crippen LogP contribution in [0.25, 0.3) is 10.8 Å². The first-order valence-corrected chi connectivity index (χ1v) is 33.7. The van der Waals surface area contributed by atoms with Gasteiger partial charge in [0.1, 0.15) is 32.5 Å². The highest BCUT2D eigenvalue weighted by atomic mass is 35.5. The average Bonchev–Trinajstić information content (AvgIpc) is 0.806. The number of halogens is 3. The highest BCUT2D eigenvalue weighted by Gasteiger charge is 2.27. The lowest BCUT2D eigenvalue weighted by Gasteiger charge is -2.14. The maximum absolute atomic E-state index is 13.0. The third-order valence-electron chi connectivity index (χ3n) is 10.9. The van der Waals surface area contributed by atoms with Crippen molar-refractivity contribution in [3.63, 3.8) is 0 Å². The van der Waals surface area contributed by atoms with Crippen molar-refractivity contribution in [1.29, 1.82) is 0 Å². The summed E-state index contributed by atoms with van der Waals surface area (Å²) in [6.07, 6.45) is -0.549. The van der Waals surface area contributed by atoms with E-state index in [-0.39, 0.29) is 138 Å². The lowest BCUT2D eigenvalue weighted by atomic mass is 10.1. The quantitative estimate of drug-likeness (QED) is 0.00347. The third kappa shape index (κ3) is 20.8. The Morgan fingerprint density at radius 2 is 1.05 bits per heavy atom. The molecule has 34 nitrogen and oxygen atoms in total. The molecule has 2 amide bonds. The number of anilines is 7. The molecule has 0 saturated heterocycles. The summed E-state index contributed by atoms with van der Waals surface area (Å²) in [5.41, 5.74) is 4.04. The van der Waals surface area contributed by atoms with E-state index in [2.05, 4.69) is 84.8 Å². The van der Waals surface area contributed by atoms with Gasteiger partial charge in [0.2, 0.25) is 29.0 Å². The van der Waals surface area contributed by atoms with Gasteiger partial charge in [-0.1, -0.05) is 15.1 Å². The predicted molar refractivity (Wildman–Crippen MR) is 315 cm³/mol. The third-order valence-corrected chi connectivity index (χ3v) is 19.1. The zero-order chi connectivity index (χ0) is 63.7. The van der Waals surface area contributed by atoms with Crippen LogP contribution in [0.5, 0.6) is 5.75 Å². The van der Waals surface area contributed by atoms with Crippen molar-refractivity contribution in [2.75, 3.05) is 61.8 Å². The van der Waals surface area contributed by atoms with E-state index < -0.39 is 95.3 Å². The van der Waals surface area contributed by atoms with Crippen molar-refractivity contribution in [2.45, 2.75) is 50.2 Å². The van der Waals surface area contributed by atoms with Crippen LogP contribution in [0.3, 0.4) is 0 Å². The largest absolute Gasteiger partial charge is 0.505 e. The van der Waals surface area contributed by atoms with Gasteiger partial charge in [-0.3, -0.25) is 18.7 Å². The zero-order valence-electron chi connectivity index (χ0n) is 43.3. The fourth-order valence-electron chi connectivity index (χ4n) is 7.26. The first-order chi connectivity index (χ1) is 41.2. The number of alkyl halides is 2. The number of phenols is 1. The molecule has 0 spiro atoms. The van der Waals surface area contributed by atoms with Gasteiger partial charge in [0.25, 0.3) is 20.2 Å². The van der Waals surface area contributed by atoms with Gasteiger partial charge < -0.3 is 32.1 Å². The standard InChI is InChI=1S/C43H43Cl3N12O22S7/c44-11-15-84(65,66)13-1-3-34(59)48-23-5-8-29(81-78-75-62)26(19-23)55-57-38-31(83-80-77-64)17-22-18-33(87(72,73)74)39(40(61)36(22)37(38)47)58-56-27-20-25(6-9-30(27)82-79-76-63)50-42-52-41(46)53-43(54-42)51-28-21-24(7-10-32(28)86(69,70)71)49-35(60)4-2-14-85(67,68)16-12-45/h5-10,17-21,61-64H,1-4,11-16,47H2,(H,48,59)(H,49,60)(H,69,70,71)(H,72,73,74)(H2,50,51,52,53,54). The predicted octanol–water partition coefficient (Wildman–Crippen LogP) is 9.81. The molecule has 0 unspecified atom stereocenters. The Balaban J connectivity index is 1.35. The SMILES string of the molecule is Nc1c(N=Nc2cc(NC(=O)CCCS(=O)(=O)CCCl)ccc2SOOO)c(SOOO)cc2cc(S(=O)(=O)O)c(N=Nc3cc(Nc4nc(Cl)nc(Nc5cc(NC(=O)CCCS(=O)(=O)CCCl)ccc5S(=O)(=O)O)n4)ccc3SOOO)c(O)c12. The van der Waals surface area contributed by atoms with E-state index in [1.807, 2.05) is 0 Å². The number of nitrogen functional groups attached to an aromatic ring is 1. The van der Waals surface area contributed by atoms with E-state index in [0.717, 1.165) is 30.3 Å². The molecule has 5 aromatic carbocycles. The van der Waals surface area contributed by atoms with Crippen molar-refractivity contribution in [2.24, 2.45) is 20.5 Å². The number of benzene rings is 5. The molecule has 470 valence electrons. The summed E-state index contributed by atoms with van der Waals surface area (Å²) in [5.74, 6) is -4.54. The summed E-state index contributed by atoms with van der Waals surface area (Å²) < 4.78 is 133. The van der Waals surface area contributed by atoms with Gasteiger partial charge in [-0.15, -0.1) is 56.7 Å². The Labute approximate surface area is 519 Å². The monoisotopic (exact) mass is 1410 g/mol. The number of hydrogen-bond acceptors (Lipinski definition) is 33. The highest BCUT2D eigenvalue weighted by Crippen LogP contribution is 2.50. The van der Waals surface area contributed by atoms with Crippen LogP contribution in [0.4, 0.5) is 63.1 Å². The van der Waals surface area contributed by atoms with Gasteiger partial charge in [-0.25, -0.2) is 32.6 Å². The molecular formula is C43H43Cl3N12O22S7. The molecule has 1 heterocycles. The van der Waals surface area contributed by atoms with E-state index in [1.165, 1.54) is 36.4 Å². The number of azo groups is 2. The molecule has 0 aliphatic rings. The molecule has 0 radical (unpaired) electrons. The summed E-state index contributed by atoms with van der Waals surface area (Å²) >= 11 is 18.3. The van der Waals surface area contributed by atoms with E-state index in [0.29, 0.717) is 24.1 Å². The zero-order valence-corrected chi connectivity index (χ0v) is 51.3. The Morgan fingerprint density at radius 1 is 0.575 bits per heavy atom. The maximum Gasteiger partial charge on any atom is 0.296 e. The highest BCUT2D eigenvalue weighted by molar-refractivity contribution is 7.95. The fraction of sp³-hybridized carbons (Fsp3) is 0.233. The van der Waals surface area contributed by atoms with Crippen molar-refractivity contribution in [1.82, 2.24) is 15.0 Å². The Hall–Kier alpha value is -6.01. The number of nitrogens with zero attached hydrogens (tertiary/aromatic N) is 7. The number of hydrogen-bond donors (Lipinski definition) is 11. The second-order valence-electron chi connectivity index (χ2n) is 16.9. The second-order valence-corrected chi connectivity index (χ2v) is 27.6. The minimum atomic E-state index is -5.35. The Morgan fingerprint density at radius 3 is 1.56 bits per heavy atom. The van der Waals surface area contributed by atoms with Crippen LogP contribution in [-0.2, 0) is 77.6 Å². The number of amides is 2. The minimum Gasteiger partial charge on any atom is -0.505 e. The Bertz CT molecular complexity index is 4060. The van der Waals surface area contributed by atoms with Crippen LogP contribution in [0.2, 0.25) is 5.28 Å². The lowest BCUT2D eigenvalue weighted by Crippen LogP contribution is -2.16. The molecule has 0 aliphatic heterocycles. The number of nitrogens with one attached hydrogen (secondary N) is 4. The molecule has 0 atom stereocenters. The van der Waals surface area contributed by atoms with Crippen molar-refractivity contribution in [3.05, 3.63) is 72.0 Å². The van der Waals surface area contributed by atoms with Crippen molar-refractivity contribution in [3.8, 4) is 5.75 Å². The number of fused-ring (bicyclic) bond motifs is 1. The van der Waals surface area contributed by atoms with Crippen LogP contribution >= 0.6 is 70.9 Å². The van der Waals surface area contributed by atoms with Crippen LogP contribution in [0.15, 0.2) is 112 Å². The normalized spacial score (nSPS) is 12.3. The van der Waals surface area contributed by atoms with Gasteiger partial charge in [-0.2, -0.15) is 31.8 Å². The number of aromatic hydroxyl groups is 1. The van der Waals surface area contributed by atoms with E-state index in [9.17, 15) is 57.5 Å². The number of phenolic OH excluding ortho intramolecular Hbond substituents is 1.